The van der Waals surface area contributed by atoms with Gasteiger partial charge in [-0.25, -0.2) is 0 Å². The normalized spacial score (nSPS) is 49.3. The third-order valence-corrected chi connectivity index (χ3v) is 8.37. The Balaban J connectivity index is 0.00000111. The second kappa shape index (κ2) is 16.9. The van der Waals surface area contributed by atoms with E-state index in [4.69, 9.17) is 80.3 Å². The predicted octanol–water partition coefficient (Wildman–Crippen LogP) is -9.55. The second-order valence-corrected chi connectivity index (χ2v) is 12.6. The minimum Gasteiger partial charge on any atom is -0.394 e. The fraction of sp³-hybridized carbons (Fsp3) is 1.00. The molecule has 24 heteroatoms. The van der Waals surface area contributed by atoms with Gasteiger partial charge in [0.15, 0.2) is 18.9 Å². The number of ether oxygens (including phenoxy) is 6. The van der Waals surface area contributed by atoms with E-state index in [1.165, 1.54) is 0 Å². The molecule has 19 atom stereocenters. The minimum absolute atomic E-state index is 0.0889. The number of hydrogen-bond donors (Lipinski definition) is 15. The molecular formula is C23H48N6O17S. The first kappa shape index (κ1) is 40.5. The molecule has 0 aromatic rings. The van der Waals surface area contributed by atoms with Gasteiger partial charge in [-0.05, 0) is 6.42 Å². The topological polar surface area (TPSA) is 428 Å². The lowest BCUT2D eigenvalue weighted by Gasteiger charge is -2.47. The zero-order valence-corrected chi connectivity index (χ0v) is 25.8. The van der Waals surface area contributed by atoms with Gasteiger partial charge in [-0.15, -0.1) is 0 Å². The molecular weight excluding hydrogens is 664 g/mol. The van der Waals surface area contributed by atoms with Gasteiger partial charge in [0.05, 0.1) is 24.8 Å². The van der Waals surface area contributed by atoms with Gasteiger partial charge in [-0.1, -0.05) is 0 Å². The molecule has 1 aliphatic carbocycles. The average molecular weight is 713 g/mol. The summed E-state index contributed by atoms with van der Waals surface area (Å²) in [6.07, 6.45) is -19.8. The molecule has 23 nitrogen and oxygen atoms in total. The zero-order valence-electron chi connectivity index (χ0n) is 25.0. The summed E-state index contributed by atoms with van der Waals surface area (Å²) in [6, 6.07) is -4.18. The SMILES string of the molecule is NC[C@@H]1O[C@H](O[C@@H]2[C@@H](CO)OC(O[C@@H]3[C@@H](O)[C@H](N)C[C@H](N)[C@H]3OC3O[C@H](CN)[C@@H](O)[C@H](O)[C@H]3N)[C@@H]2O)[C@H](N)[C@@H](O)[C@@H]1O.O=S(=O)(O)O. The van der Waals surface area contributed by atoms with E-state index >= 15 is 0 Å². The Morgan fingerprint density at radius 2 is 0.979 bits per heavy atom. The van der Waals surface area contributed by atoms with Crippen molar-refractivity contribution in [3.63, 3.8) is 0 Å². The van der Waals surface area contributed by atoms with Gasteiger partial charge in [0.2, 0.25) is 0 Å². The maximum atomic E-state index is 11.1. The van der Waals surface area contributed by atoms with Crippen LogP contribution < -0.4 is 34.4 Å². The maximum absolute atomic E-state index is 11.1. The summed E-state index contributed by atoms with van der Waals surface area (Å²) >= 11 is 0. The predicted molar refractivity (Wildman–Crippen MR) is 153 cm³/mol. The van der Waals surface area contributed by atoms with Crippen LogP contribution in [0.15, 0.2) is 0 Å². The lowest BCUT2D eigenvalue weighted by atomic mass is 9.84. The molecule has 21 N–H and O–H groups in total. The lowest BCUT2D eigenvalue weighted by Crippen LogP contribution is -2.68. The van der Waals surface area contributed by atoms with Crippen molar-refractivity contribution in [1.29, 1.82) is 0 Å². The van der Waals surface area contributed by atoms with E-state index in [1.807, 2.05) is 0 Å². The van der Waals surface area contributed by atoms with Gasteiger partial charge >= 0.3 is 10.4 Å². The number of nitrogens with two attached hydrogens (primary N) is 6. The molecule has 0 spiro atoms. The molecule has 0 radical (unpaired) electrons. The van der Waals surface area contributed by atoms with Gasteiger partial charge in [-0.2, -0.15) is 8.42 Å². The van der Waals surface area contributed by atoms with Crippen LogP contribution in [0.25, 0.3) is 0 Å². The lowest BCUT2D eigenvalue weighted by molar-refractivity contribution is -0.306. The highest BCUT2D eigenvalue weighted by Crippen LogP contribution is 2.34. The molecule has 0 amide bonds. The Kier molecular flexibility index (Phi) is 14.6. The molecule has 47 heavy (non-hydrogen) atoms. The summed E-state index contributed by atoms with van der Waals surface area (Å²) in [7, 11) is -4.67. The molecule has 3 saturated heterocycles. The van der Waals surface area contributed by atoms with Crippen LogP contribution >= 0.6 is 0 Å². The molecule has 3 aliphatic heterocycles. The van der Waals surface area contributed by atoms with Crippen molar-refractivity contribution < 1.29 is 81.7 Å². The van der Waals surface area contributed by atoms with Crippen LogP contribution in [0.2, 0.25) is 0 Å². The largest absolute Gasteiger partial charge is 0.394 e. The Labute approximate surface area is 269 Å². The summed E-state index contributed by atoms with van der Waals surface area (Å²) in [5.41, 5.74) is 35.6. The number of rotatable bonds is 9. The highest BCUT2D eigenvalue weighted by Gasteiger charge is 2.54. The molecule has 1 saturated carbocycles. The van der Waals surface area contributed by atoms with Crippen LogP contribution in [0.4, 0.5) is 0 Å². The van der Waals surface area contributed by atoms with E-state index in [0.717, 1.165) is 0 Å². The van der Waals surface area contributed by atoms with E-state index in [9.17, 15) is 35.7 Å². The Morgan fingerprint density at radius 1 is 0.574 bits per heavy atom. The van der Waals surface area contributed by atoms with Crippen molar-refractivity contribution in [2.45, 2.75) is 123 Å². The smallest absolute Gasteiger partial charge is 0.394 e. The summed E-state index contributed by atoms with van der Waals surface area (Å²) in [5.74, 6) is 0. The van der Waals surface area contributed by atoms with Crippen molar-refractivity contribution in [1.82, 2.24) is 0 Å². The zero-order chi connectivity index (χ0) is 35.5. The monoisotopic (exact) mass is 712 g/mol. The molecule has 3 heterocycles. The van der Waals surface area contributed by atoms with Crippen LogP contribution in [0.1, 0.15) is 6.42 Å². The van der Waals surface area contributed by atoms with E-state index in [1.54, 1.807) is 0 Å². The van der Waals surface area contributed by atoms with E-state index in [2.05, 4.69) is 0 Å². The fourth-order valence-corrected chi connectivity index (χ4v) is 5.74. The number of hydrogen-bond acceptors (Lipinski definition) is 21. The average Bonchev–Trinajstić information content (AvgIpc) is 3.30. The van der Waals surface area contributed by atoms with Crippen molar-refractivity contribution in [2.75, 3.05) is 19.7 Å². The van der Waals surface area contributed by atoms with Gasteiger partial charge in [0, 0.05) is 25.2 Å². The van der Waals surface area contributed by atoms with Gasteiger partial charge < -0.3 is 98.6 Å². The van der Waals surface area contributed by atoms with Crippen molar-refractivity contribution >= 4 is 10.4 Å². The molecule has 0 aromatic carbocycles. The summed E-state index contributed by atoms with van der Waals surface area (Å²) in [5, 5.41) is 73.0. The third-order valence-electron chi connectivity index (χ3n) is 8.37. The highest BCUT2D eigenvalue weighted by molar-refractivity contribution is 7.79. The first-order valence-corrected chi connectivity index (χ1v) is 16.0. The van der Waals surface area contributed by atoms with Crippen LogP contribution in [0, 0.1) is 0 Å². The molecule has 4 aliphatic rings. The van der Waals surface area contributed by atoms with Crippen LogP contribution in [-0.4, -0.2) is 189 Å². The molecule has 4 fully saturated rings. The molecule has 278 valence electrons. The minimum atomic E-state index is -4.67. The van der Waals surface area contributed by atoms with Crippen LogP contribution in [-0.2, 0) is 38.8 Å². The van der Waals surface area contributed by atoms with Crippen molar-refractivity contribution in [2.24, 2.45) is 34.4 Å². The second-order valence-electron chi connectivity index (χ2n) is 11.7. The number of aliphatic hydroxyl groups is 7. The Morgan fingerprint density at radius 3 is 1.40 bits per heavy atom. The van der Waals surface area contributed by atoms with Gasteiger partial charge in [0.1, 0.15) is 67.1 Å². The quantitative estimate of drug-likeness (QED) is 0.0986. The summed E-state index contributed by atoms with van der Waals surface area (Å²) in [6.45, 7) is -0.967. The first-order valence-electron chi connectivity index (χ1n) is 14.6. The molecule has 0 bridgehead atoms. The summed E-state index contributed by atoms with van der Waals surface area (Å²) in [4.78, 5) is 0. The van der Waals surface area contributed by atoms with Gasteiger partial charge in [-0.3, -0.25) is 9.11 Å². The fourth-order valence-electron chi connectivity index (χ4n) is 5.74. The molecule has 2 unspecified atom stereocenters. The van der Waals surface area contributed by atoms with Crippen molar-refractivity contribution in [3.8, 4) is 0 Å². The maximum Gasteiger partial charge on any atom is 0.394 e. The van der Waals surface area contributed by atoms with E-state index < -0.39 is 133 Å². The standard InChI is InChI=1S/C23H46N6O13.H2O4S/c24-2-7-13(32)15(34)10(28)21(37-7)40-18-6(27)1-5(26)12(31)20(18)42-23-17(36)19(9(4-30)39-23)41-22-11(29)16(35)14(33)8(3-25)38-22;1-5(2,3)4/h5-23,30-36H,1-4,24-29H2;(H2,1,2,3,4)/t5-,6+,7-,8+,9-,10-,11-,12+,13-,14-,15-,16-,17-,18-,19-,20-,21?,22-,23?;/m1./s1. The Bertz CT molecular complexity index is 1080. The number of aliphatic hydroxyl groups excluding tert-OH is 7. The van der Waals surface area contributed by atoms with E-state index in [-0.39, 0.29) is 19.5 Å². The highest BCUT2D eigenvalue weighted by atomic mass is 32.3. The van der Waals surface area contributed by atoms with Crippen LogP contribution in [0.5, 0.6) is 0 Å². The molecule has 4 rings (SSSR count). The van der Waals surface area contributed by atoms with E-state index in [0.29, 0.717) is 0 Å². The van der Waals surface area contributed by atoms with Gasteiger partial charge in [0.25, 0.3) is 0 Å². The van der Waals surface area contributed by atoms with Crippen molar-refractivity contribution in [3.05, 3.63) is 0 Å². The first-order chi connectivity index (χ1) is 21.8. The Hall–Kier alpha value is -0.890. The van der Waals surface area contributed by atoms with Crippen LogP contribution in [0.3, 0.4) is 0 Å². The molecule has 0 aromatic heterocycles. The third kappa shape index (κ3) is 9.67. The summed E-state index contributed by atoms with van der Waals surface area (Å²) < 4.78 is 66.2.